The van der Waals surface area contributed by atoms with Gasteiger partial charge in [0.25, 0.3) is 5.91 Å². The van der Waals surface area contributed by atoms with Crippen LogP contribution in [0.15, 0.2) is 29.2 Å². The quantitative estimate of drug-likeness (QED) is 0.609. The molecule has 0 N–H and O–H groups in total. The Morgan fingerprint density at radius 2 is 2.24 bits per heavy atom. The fourth-order valence-corrected chi connectivity index (χ4v) is 3.22. The average Bonchev–Trinajstić information content (AvgIpc) is 2.73. The van der Waals surface area contributed by atoms with Crippen molar-refractivity contribution in [1.29, 1.82) is 0 Å². The number of amides is 1. The van der Waals surface area contributed by atoms with E-state index in [-0.39, 0.29) is 4.32 Å². The summed E-state index contributed by atoms with van der Waals surface area (Å²) in [7, 11) is 1.56. The summed E-state index contributed by atoms with van der Waals surface area (Å²) in [4.78, 5) is 24.6. The van der Waals surface area contributed by atoms with E-state index in [0.717, 1.165) is 22.2 Å². The first kappa shape index (κ1) is 15.5. The molecule has 1 atom stereocenters. The molecule has 110 valence electrons. The second kappa shape index (κ2) is 6.28. The van der Waals surface area contributed by atoms with E-state index in [2.05, 4.69) is 0 Å². The molecule has 0 saturated carbocycles. The van der Waals surface area contributed by atoms with Crippen LogP contribution in [-0.2, 0) is 9.59 Å². The molecular formula is C14H12NO4S2-. The lowest BCUT2D eigenvalue weighted by Gasteiger charge is -2.23. The summed E-state index contributed by atoms with van der Waals surface area (Å²) in [6.45, 7) is 1.37. The van der Waals surface area contributed by atoms with Crippen molar-refractivity contribution < 1.29 is 19.4 Å². The fourth-order valence-electron chi connectivity index (χ4n) is 1.80. The van der Waals surface area contributed by atoms with Gasteiger partial charge < -0.3 is 14.6 Å². The predicted octanol–water partition coefficient (Wildman–Crippen LogP) is 1.03. The molecule has 1 aromatic carbocycles. The third-order valence-electron chi connectivity index (χ3n) is 2.94. The molecule has 21 heavy (non-hydrogen) atoms. The minimum atomic E-state index is -1.34. The Morgan fingerprint density at radius 3 is 2.86 bits per heavy atom. The van der Waals surface area contributed by atoms with Gasteiger partial charge in [-0.2, -0.15) is 0 Å². The number of thioether (sulfide) groups is 1. The molecule has 0 aliphatic carbocycles. The fraction of sp³-hybridized carbons (Fsp3) is 0.214. The van der Waals surface area contributed by atoms with Crippen LogP contribution in [0.4, 0.5) is 0 Å². The maximum atomic E-state index is 12.2. The molecule has 0 spiro atoms. The molecule has 1 aromatic rings. The van der Waals surface area contributed by atoms with Gasteiger partial charge in [0.05, 0.1) is 24.0 Å². The molecule has 1 amide bonds. The zero-order valence-electron chi connectivity index (χ0n) is 11.4. The van der Waals surface area contributed by atoms with Crippen LogP contribution in [0.25, 0.3) is 6.08 Å². The predicted molar refractivity (Wildman–Crippen MR) is 82.5 cm³/mol. The lowest BCUT2D eigenvalue weighted by atomic mass is 10.2. The summed E-state index contributed by atoms with van der Waals surface area (Å²) in [5, 5.41) is 10.9. The minimum absolute atomic E-state index is 0.214. The van der Waals surface area contributed by atoms with Crippen molar-refractivity contribution in [3.63, 3.8) is 0 Å². The Kier molecular flexibility index (Phi) is 4.64. The molecule has 7 heteroatoms. The smallest absolute Gasteiger partial charge is 0.266 e. The SMILES string of the molecule is COc1cccc(C=C2SC(=S)N(C(C)C(=O)[O-])C2=O)c1. The Balaban J connectivity index is 2.29. The van der Waals surface area contributed by atoms with E-state index in [9.17, 15) is 14.7 Å². The Labute approximate surface area is 131 Å². The summed E-state index contributed by atoms with van der Waals surface area (Å²) in [6.07, 6.45) is 1.66. The number of carboxylic acids is 1. The molecule has 0 radical (unpaired) electrons. The highest BCUT2D eigenvalue weighted by Crippen LogP contribution is 2.34. The molecule has 1 heterocycles. The second-order valence-corrected chi connectivity index (χ2v) is 6.00. The topological polar surface area (TPSA) is 69.7 Å². The van der Waals surface area contributed by atoms with Crippen LogP contribution < -0.4 is 9.84 Å². The van der Waals surface area contributed by atoms with Crippen molar-refractivity contribution in [2.45, 2.75) is 13.0 Å². The number of methoxy groups -OCH3 is 1. The summed E-state index contributed by atoms with van der Waals surface area (Å²) in [6, 6.07) is 6.09. The Hall–Kier alpha value is -1.86. The molecule has 2 rings (SSSR count). The zero-order chi connectivity index (χ0) is 15.6. The lowest BCUT2D eigenvalue weighted by Crippen LogP contribution is -2.48. The number of hydrogen-bond donors (Lipinski definition) is 0. The number of rotatable bonds is 4. The highest BCUT2D eigenvalue weighted by molar-refractivity contribution is 8.26. The van der Waals surface area contributed by atoms with Crippen molar-refractivity contribution >= 4 is 46.3 Å². The highest BCUT2D eigenvalue weighted by Gasteiger charge is 2.35. The molecule has 1 saturated heterocycles. The standard InChI is InChI=1S/C14H13NO4S2/c1-8(13(17)18)15-12(16)11(21-14(15)20)7-9-4-3-5-10(6-9)19-2/h3-8H,1-2H3,(H,17,18)/p-1. The molecule has 1 aliphatic heterocycles. The van der Waals surface area contributed by atoms with Gasteiger partial charge in [0.15, 0.2) is 0 Å². The number of hydrogen-bond acceptors (Lipinski definition) is 6. The van der Waals surface area contributed by atoms with E-state index >= 15 is 0 Å². The number of aliphatic carboxylic acids is 1. The van der Waals surface area contributed by atoms with Gasteiger partial charge >= 0.3 is 0 Å². The monoisotopic (exact) mass is 322 g/mol. The van der Waals surface area contributed by atoms with Crippen LogP contribution >= 0.6 is 24.0 Å². The Morgan fingerprint density at radius 1 is 1.52 bits per heavy atom. The van der Waals surface area contributed by atoms with Crippen molar-refractivity contribution in [2.75, 3.05) is 7.11 Å². The van der Waals surface area contributed by atoms with Gasteiger partial charge in [-0.15, -0.1) is 0 Å². The number of carboxylic acid groups (broad SMARTS) is 1. The number of carbonyl (C=O) groups excluding carboxylic acids is 2. The molecule has 0 bridgehead atoms. The van der Waals surface area contributed by atoms with Crippen molar-refractivity contribution in [3.8, 4) is 5.75 Å². The van der Waals surface area contributed by atoms with Crippen LogP contribution in [0.1, 0.15) is 12.5 Å². The number of carbonyl (C=O) groups is 2. The van der Waals surface area contributed by atoms with Crippen LogP contribution in [0.3, 0.4) is 0 Å². The van der Waals surface area contributed by atoms with Crippen LogP contribution in [0.2, 0.25) is 0 Å². The maximum absolute atomic E-state index is 12.2. The highest BCUT2D eigenvalue weighted by atomic mass is 32.2. The van der Waals surface area contributed by atoms with Gasteiger partial charge in [-0.25, -0.2) is 0 Å². The van der Waals surface area contributed by atoms with Crippen LogP contribution in [-0.4, -0.2) is 34.2 Å². The maximum Gasteiger partial charge on any atom is 0.266 e. The summed E-state index contributed by atoms with van der Waals surface area (Å²) in [5.74, 6) is -1.10. The van der Waals surface area contributed by atoms with E-state index in [1.165, 1.54) is 6.92 Å². The van der Waals surface area contributed by atoms with E-state index in [1.807, 2.05) is 6.07 Å². The average molecular weight is 322 g/mol. The molecular weight excluding hydrogens is 310 g/mol. The van der Waals surface area contributed by atoms with Gasteiger partial charge in [0, 0.05) is 0 Å². The number of ether oxygens (including phenoxy) is 1. The van der Waals surface area contributed by atoms with E-state index in [1.54, 1.807) is 31.4 Å². The molecule has 1 unspecified atom stereocenters. The number of nitrogens with zero attached hydrogens (tertiary/aromatic N) is 1. The first-order valence-corrected chi connectivity index (χ1v) is 7.28. The van der Waals surface area contributed by atoms with E-state index in [4.69, 9.17) is 17.0 Å². The van der Waals surface area contributed by atoms with Gasteiger partial charge in [0.2, 0.25) is 0 Å². The first-order chi connectivity index (χ1) is 9.93. The van der Waals surface area contributed by atoms with Crippen LogP contribution in [0, 0.1) is 0 Å². The largest absolute Gasteiger partial charge is 0.548 e. The number of thiocarbonyl (C=S) groups is 1. The van der Waals surface area contributed by atoms with Gasteiger partial charge in [-0.1, -0.05) is 36.1 Å². The van der Waals surface area contributed by atoms with Crippen molar-refractivity contribution in [3.05, 3.63) is 34.7 Å². The molecule has 1 aliphatic rings. The van der Waals surface area contributed by atoms with Crippen molar-refractivity contribution in [1.82, 2.24) is 4.90 Å². The summed E-state index contributed by atoms with van der Waals surface area (Å²) in [5.41, 5.74) is 0.774. The summed E-state index contributed by atoms with van der Waals surface area (Å²) >= 11 is 6.14. The lowest BCUT2D eigenvalue weighted by molar-refractivity contribution is -0.309. The van der Waals surface area contributed by atoms with Crippen LogP contribution in [0.5, 0.6) is 5.75 Å². The molecule has 5 nitrogen and oxygen atoms in total. The summed E-state index contributed by atoms with van der Waals surface area (Å²) < 4.78 is 5.33. The first-order valence-electron chi connectivity index (χ1n) is 6.06. The third kappa shape index (κ3) is 3.25. The number of benzene rings is 1. The minimum Gasteiger partial charge on any atom is -0.548 e. The van der Waals surface area contributed by atoms with E-state index in [0.29, 0.717) is 10.7 Å². The van der Waals surface area contributed by atoms with Crippen molar-refractivity contribution in [2.24, 2.45) is 0 Å². The third-order valence-corrected chi connectivity index (χ3v) is 4.27. The molecule has 0 aromatic heterocycles. The van der Waals surface area contributed by atoms with Gasteiger partial charge in [0.1, 0.15) is 10.1 Å². The van der Waals surface area contributed by atoms with E-state index < -0.39 is 17.9 Å². The Bertz CT molecular complexity index is 642. The zero-order valence-corrected chi connectivity index (χ0v) is 13.0. The normalized spacial score (nSPS) is 18.2. The molecule has 1 fully saturated rings. The van der Waals surface area contributed by atoms with Gasteiger partial charge in [-0.05, 0) is 30.7 Å². The second-order valence-electron chi connectivity index (χ2n) is 4.32. The van der Waals surface area contributed by atoms with Gasteiger partial charge in [-0.3, -0.25) is 9.69 Å².